The van der Waals surface area contributed by atoms with Gasteiger partial charge in [-0.2, -0.15) is 13.2 Å². The highest BCUT2D eigenvalue weighted by molar-refractivity contribution is 5.66. The summed E-state index contributed by atoms with van der Waals surface area (Å²) in [4.78, 5) is 12.0. The fraction of sp³-hybridized carbons (Fsp3) is 0.462. The van der Waals surface area contributed by atoms with E-state index in [2.05, 4.69) is 0 Å². The first-order chi connectivity index (χ1) is 9.64. The van der Waals surface area contributed by atoms with Crippen LogP contribution in [0.15, 0.2) is 24.3 Å². The molecule has 1 saturated heterocycles. The summed E-state index contributed by atoms with van der Waals surface area (Å²) >= 11 is 0. The van der Waals surface area contributed by atoms with Crippen molar-refractivity contribution in [3.63, 3.8) is 0 Å². The molecule has 2 unspecified atom stereocenters. The van der Waals surface area contributed by atoms with Crippen molar-refractivity contribution in [2.75, 3.05) is 6.54 Å². The number of aliphatic hydroxyl groups is 1. The van der Waals surface area contributed by atoms with Gasteiger partial charge in [-0.05, 0) is 17.7 Å². The van der Waals surface area contributed by atoms with Crippen LogP contribution < -0.4 is 0 Å². The smallest absolute Gasteiger partial charge is 0.417 e. The summed E-state index contributed by atoms with van der Waals surface area (Å²) in [5.74, 6) is -0.581. The van der Waals surface area contributed by atoms with Crippen LogP contribution in [0, 0.1) is 5.82 Å². The van der Waals surface area contributed by atoms with Crippen molar-refractivity contribution >= 4 is 6.09 Å². The largest absolute Gasteiger partial charge is 0.465 e. The van der Waals surface area contributed by atoms with Gasteiger partial charge in [-0.3, -0.25) is 0 Å². The number of alkyl halides is 3. The number of piperidine rings is 1. The third-order valence-electron chi connectivity index (χ3n) is 3.70. The van der Waals surface area contributed by atoms with Crippen LogP contribution >= 0.6 is 0 Å². The van der Waals surface area contributed by atoms with Crippen molar-refractivity contribution in [3.05, 3.63) is 35.6 Å². The minimum Gasteiger partial charge on any atom is -0.465 e. The molecule has 1 heterocycles. The Labute approximate surface area is 117 Å². The van der Waals surface area contributed by atoms with Gasteiger partial charge in [0.1, 0.15) is 5.82 Å². The van der Waals surface area contributed by atoms with Crippen molar-refractivity contribution in [1.29, 1.82) is 0 Å². The topological polar surface area (TPSA) is 60.8 Å². The van der Waals surface area contributed by atoms with E-state index in [1.54, 1.807) is 0 Å². The van der Waals surface area contributed by atoms with Crippen LogP contribution in [0.1, 0.15) is 24.4 Å². The average Bonchev–Trinajstić information content (AvgIpc) is 2.38. The van der Waals surface area contributed by atoms with Crippen LogP contribution in [0.5, 0.6) is 0 Å². The van der Waals surface area contributed by atoms with E-state index in [1.165, 1.54) is 12.1 Å². The number of carbonyl (C=O) groups is 1. The summed E-state index contributed by atoms with van der Waals surface area (Å²) in [6.45, 7) is -0.451. The second-order valence-corrected chi connectivity index (χ2v) is 5.03. The quantitative estimate of drug-likeness (QED) is 0.784. The van der Waals surface area contributed by atoms with Gasteiger partial charge in [0.25, 0.3) is 0 Å². The van der Waals surface area contributed by atoms with E-state index in [9.17, 15) is 27.5 Å². The molecular formula is C13H13F4NO3. The minimum absolute atomic E-state index is 0.209. The fourth-order valence-corrected chi connectivity index (χ4v) is 2.46. The number of hydrogen-bond donors (Lipinski definition) is 2. The van der Waals surface area contributed by atoms with Crippen LogP contribution in [0.25, 0.3) is 0 Å². The molecule has 116 valence electrons. The molecule has 1 aromatic carbocycles. The zero-order valence-corrected chi connectivity index (χ0v) is 10.8. The van der Waals surface area contributed by atoms with Gasteiger partial charge in [0, 0.05) is 19.4 Å². The molecule has 1 amide bonds. The normalized spacial score (nSPS) is 26.7. The number of hydrogen-bond acceptors (Lipinski definition) is 2. The van der Waals surface area contributed by atoms with Crippen molar-refractivity contribution < 1.29 is 32.6 Å². The maximum absolute atomic E-state index is 12.9. The number of benzene rings is 1. The van der Waals surface area contributed by atoms with Gasteiger partial charge in [-0.15, -0.1) is 0 Å². The van der Waals surface area contributed by atoms with Gasteiger partial charge >= 0.3 is 12.3 Å². The van der Waals surface area contributed by atoms with E-state index in [0.29, 0.717) is 0 Å². The van der Waals surface area contributed by atoms with Crippen molar-refractivity contribution in [1.82, 2.24) is 4.90 Å². The lowest BCUT2D eigenvalue weighted by Crippen LogP contribution is -2.55. The Hall–Kier alpha value is -1.83. The molecule has 0 radical (unpaired) electrons. The highest BCUT2D eigenvalue weighted by Crippen LogP contribution is 2.45. The van der Waals surface area contributed by atoms with Gasteiger partial charge in [0.05, 0.1) is 6.04 Å². The Kier molecular flexibility index (Phi) is 3.83. The highest BCUT2D eigenvalue weighted by atomic mass is 19.4. The van der Waals surface area contributed by atoms with Crippen LogP contribution in [0.3, 0.4) is 0 Å². The molecular weight excluding hydrogens is 294 g/mol. The first-order valence-corrected chi connectivity index (χ1v) is 6.18. The molecule has 1 aliphatic heterocycles. The molecule has 0 aliphatic carbocycles. The number of amides is 1. The molecule has 1 aromatic rings. The Morgan fingerprint density at radius 2 is 1.86 bits per heavy atom. The van der Waals surface area contributed by atoms with Gasteiger partial charge in [0.2, 0.25) is 0 Å². The second-order valence-electron chi connectivity index (χ2n) is 5.03. The second kappa shape index (κ2) is 5.18. The van der Waals surface area contributed by atoms with Crippen molar-refractivity contribution in [2.45, 2.75) is 30.7 Å². The minimum atomic E-state index is -4.85. The standard InChI is InChI=1S/C13H13F4NO3/c14-9-3-1-8(2-4-9)10-7-12(21,13(15,16)17)5-6-18(10)11(19)20/h1-4,10,21H,5-7H2,(H,19,20). The molecule has 2 rings (SSSR count). The Balaban J connectivity index is 2.36. The lowest BCUT2D eigenvalue weighted by Gasteiger charge is -2.43. The van der Waals surface area contributed by atoms with Gasteiger partial charge < -0.3 is 15.1 Å². The van der Waals surface area contributed by atoms with Gasteiger partial charge in [0.15, 0.2) is 5.60 Å². The van der Waals surface area contributed by atoms with Crippen LogP contribution in [0.4, 0.5) is 22.4 Å². The summed E-state index contributed by atoms with van der Waals surface area (Å²) in [5, 5.41) is 18.9. The molecule has 0 saturated carbocycles. The van der Waals surface area contributed by atoms with E-state index < -0.39 is 49.1 Å². The summed E-state index contributed by atoms with van der Waals surface area (Å²) in [6, 6.07) is 3.34. The van der Waals surface area contributed by atoms with Crippen molar-refractivity contribution in [2.24, 2.45) is 0 Å². The molecule has 0 spiro atoms. The molecule has 2 atom stereocenters. The monoisotopic (exact) mass is 307 g/mol. The molecule has 1 fully saturated rings. The molecule has 0 aromatic heterocycles. The van der Waals surface area contributed by atoms with E-state index >= 15 is 0 Å². The molecule has 8 heteroatoms. The zero-order chi connectivity index (χ0) is 15.8. The van der Waals surface area contributed by atoms with E-state index in [1.807, 2.05) is 0 Å². The number of likely N-dealkylation sites (tertiary alicyclic amines) is 1. The zero-order valence-electron chi connectivity index (χ0n) is 10.8. The Morgan fingerprint density at radius 3 is 2.33 bits per heavy atom. The first kappa shape index (κ1) is 15.6. The van der Waals surface area contributed by atoms with E-state index in [0.717, 1.165) is 17.0 Å². The third kappa shape index (κ3) is 2.94. The number of carboxylic acid groups (broad SMARTS) is 1. The van der Waals surface area contributed by atoms with Crippen molar-refractivity contribution in [3.8, 4) is 0 Å². The lowest BCUT2D eigenvalue weighted by atomic mass is 9.83. The first-order valence-electron chi connectivity index (χ1n) is 6.18. The fourth-order valence-electron chi connectivity index (χ4n) is 2.46. The van der Waals surface area contributed by atoms with E-state index in [4.69, 9.17) is 5.11 Å². The molecule has 21 heavy (non-hydrogen) atoms. The Morgan fingerprint density at radius 1 is 1.29 bits per heavy atom. The van der Waals surface area contributed by atoms with Crippen LogP contribution in [-0.2, 0) is 0 Å². The maximum atomic E-state index is 12.9. The highest BCUT2D eigenvalue weighted by Gasteiger charge is 2.57. The predicted molar refractivity (Wildman–Crippen MR) is 64.1 cm³/mol. The number of nitrogens with zero attached hydrogens (tertiary/aromatic N) is 1. The summed E-state index contributed by atoms with van der Waals surface area (Å²) < 4.78 is 51.7. The maximum Gasteiger partial charge on any atom is 0.417 e. The summed E-state index contributed by atoms with van der Waals surface area (Å²) in [6.07, 6.45) is -7.77. The molecule has 0 bridgehead atoms. The van der Waals surface area contributed by atoms with E-state index in [-0.39, 0.29) is 5.56 Å². The number of rotatable bonds is 1. The van der Waals surface area contributed by atoms with Gasteiger partial charge in [-0.25, -0.2) is 9.18 Å². The average molecular weight is 307 g/mol. The SMILES string of the molecule is O=C(O)N1CCC(O)(C(F)(F)F)CC1c1ccc(F)cc1. The summed E-state index contributed by atoms with van der Waals surface area (Å²) in [7, 11) is 0. The number of halogens is 4. The predicted octanol–water partition coefficient (Wildman–Crippen LogP) is 2.93. The van der Waals surface area contributed by atoms with Crippen LogP contribution in [-0.4, -0.2) is 39.5 Å². The summed E-state index contributed by atoms with van der Waals surface area (Å²) in [5.41, 5.74) is -2.74. The molecule has 2 N–H and O–H groups in total. The molecule has 4 nitrogen and oxygen atoms in total. The van der Waals surface area contributed by atoms with Gasteiger partial charge in [-0.1, -0.05) is 12.1 Å². The Bertz CT molecular complexity index is 531. The molecule has 1 aliphatic rings. The van der Waals surface area contributed by atoms with Crippen LogP contribution in [0.2, 0.25) is 0 Å². The third-order valence-corrected chi connectivity index (χ3v) is 3.70. The lowest BCUT2D eigenvalue weighted by molar-refractivity contribution is -0.276.